The number of nitrogens with one attached hydrogen (secondary N) is 2. The molecule has 18 heavy (non-hydrogen) atoms. The third-order valence-corrected chi connectivity index (χ3v) is 3.51. The van der Waals surface area contributed by atoms with Crippen LogP contribution in [-0.4, -0.2) is 15.1 Å². The molecule has 94 valence electrons. The van der Waals surface area contributed by atoms with E-state index in [4.69, 9.17) is 0 Å². The number of nitrogens with zero attached hydrogens (tertiary/aromatic N) is 1. The number of aryl methyl sites for hydroxylation is 1. The molecular weight excluding hydrogens is 226 g/mol. The first kappa shape index (κ1) is 11.3. The van der Waals surface area contributed by atoms with Gasteiger partial charge in [0.25, 0.3) is 0 Å². The summed E-state index contributed by atoms with van der Waals surface area (Å²) in [6.45, 7) is 0.729. The molecule has 0 spiro atoms. The molecule has 0 bridgehead atoms. The van der Waals surface area contributed by atoms with E-state index >= 15 is 0 Å². The van der Waals surface area contributed by atoms with Gasteiger partial charge in [-0.2, -0.15) is 0 Å². The molecule has 1 heterocycles. The SMILES string of the molecule is Oc1ccc2c(c1)C(NCc1ncc[nH]1)CCC2. The Hall–Kier alpha value is -1.81. The second kappa shape index (κ2) is 4.82. The highest BCUT2D eigenvalue weighted by atomic mass is 16.3. The van der Waals surface area contributed by atoms with E-state index in [1.54, 1.807) is 12.3 Å². The first-order chi connectivity index (χ1) is 8.83. The lowest BCUT2D eigenvalue weighted by Crippen LogP contribution is -2.25. The van der Waals surface area contributed by atoms with Crippen LogP contribution in [0.3, 0.4) is 0 Å². The van der Waals surface area contributed by atoms with Crippen molar-refractivity contribution in [3.63, 3.8) is 0 Å². The van der Waals surface area contributed by atoms with Gasteiger partial charge in [-0.15, -0.1) is 0 Å². The molecule has 1 aromatic heterocycles. The van der Waals surface area contributed by atoms with Crippen LogP contribution in [0.5, 0.6) is 5.75 Å². The van der Waals surface area contributed by atoms with E-state index in [0.29, 0.717) is 11.8 Å². The number of fused-ring (bicyclic) bond motifs is 1. The van der Waals surface area contributed by atoms with E-state index < -0.39 is 0 Å². The van der Waals surface area contributed by atoms with Crippen molar-refractivity contribution in [2.45, 2.75) is 31.8 Å². The van der Waals surface area contributed by atoms with Crippen molar-refractivity contribution in [2.75, 3.05) is 0 Å². The molecule has 0 saturated carbocycles. The number of benzene rings is 1. The lowest BCUT2D eigenvalue weighted by molar-refractivity contribution is 0.442. The van der Waals surface area contributed by atoms with Crippen LogP contribution in [0.25, 0.3) is 0 Å². The summed E-state index contributed by atoms with van der Waals surface area (Å²) >= 11 is 0. The van der Waals surface area contributed by atoms with Crippen molar-refractivity contribution in [1.82, 2.24) is 15.3 Å². The zero-order valence-electron chi connectivity index (χ0n) is 10.2. The molecular formula is C14H17N3O. The molecule has 1 atom stereocenters. The monoisotopic (exact) mass is 243 g/mol. The predicted octanol–water partition coefficient (Wildman–Crippen LogP) is 2.28. The molecule has 4 heteroatoms. The van der Waals surface area contributed by atoms with Crippen molar-refractivity contribution in [2.24, 2.45) is 0 Å². The van der Waals surface area contributed by atoms with Gasteiger partial charge < -0.3 is 15.4 Å². The summed E-state index contributed by atoms with van der Waals surface area (Å²) in [6, 6.07) is 6.00. The zero-order valence-corrected chi connectivity index (χ0v) is 10.2. The van der Waals surface area contributed by atoms with E-state index in [-0.39, 0.29) is 0 Å². The van der Waals surface area contributed by atoms with Gasteiger partial charge in [-0.25, -0.2) is 4.98 Å². The first-order valence-electron chi connectivity index (χ1n) is 6.36. The van der Waals surface area contributed by atoms with Crippen molar-refractivity contribution in [3.05, 3.63) is 47.5 Å². The molecule has 3 N–H and O–H groups in total. The van der Waals surface area contributed by atoms with Gasteiger partial charge in [-0.3, -0.25) is 0 Å². The minimum atomic E-state index is 0.311. The van der Waals surface area contributed by atoms with E-state index in [1.165, 1.54) is 17.5 Å². The van der Waals surface area contributed by atoms with Crippen LogP contribution in [0.15, 0.2) is 30.6 Å². The highest BCUT2D eigenvalue weighted by Gasteiger charge is 2.20. The van der Waals surface area contributed by atoms with Crippen LogP contribution in [0.2, 0.25) is 0 Å². The Morgan fingerprint density at radius 2 is 2.39 bits per heavy atom. The van der Waals surface area contributed by atoms with Gasteiger partial charge in [0.1, 0.15) is 11.6 Å². The lowest BCUT2D eigenvalue weighted by Gasteiger charge is -2.26. The van der Waals surface area contributed by atoms with Crippen LogP contribution >= 0.6 is 0 Å². The maximum atomic E-state index is 9.61. The van der Waals surface area contributed by atoms with Gasteiger partial charge in [0.05, 0.1) is 6.54 Å². The normalized spacial score (nSPS) is 18.6. The Morgan fingerprint density at radius 3 is 3.22 bits per heavy atom. The van der Waals surface area contributed by atoms with Crippen molar-refractivity contribution in [1.29, 1.82) is 0 Å². The molecule has 0 fully saturated rings. The summed E-state index contributed by atoms with van der Waals surface area (Å²) in [5, 5.41) is 13.1. The number of rotatable bonds is 3. The Morgan fingerprint density at radius 1 is 1.44 bits per heavy atom. The molecule has 2 aromatic rings. The fourth-order valence-corrected chi connectivity index (χ4v) is 2.61. The van der Waals surface area contributed by atoms with Crippen molar-refractivity contribution < 1.29 is 5.11 Å². The second-order valence-electron chi connectivity index (χ2n) is 4.74. The molecule has 0 amide bonds. The summed E-state index contributed by atoms with van der Waals surface area (Å²) in [5.74, 6) is 1.29. The Balaban J connectivity index is 1.76. The van der Waals surface area contributed by atoms with E-state index in [9.17, 15) is 5.11 Å². The number of phenolic OH excluding ortho intramolecular Hbond substituents is 1. The average molecular weight is 243 g/mol. The van der Waals surface area contributed by atoms with Gasteiger partial charge in [-0.05, 0) is 42.5 Å². The third-order valence-electron chi connectivity index (χ3n) is 3.51. The zero-order chi connectivity index (χ0) is 12.4. The molecule has 4 nitrogen and oxygen atoms in total. The summed E-state index contributed by atoms with van der Waals surface area (Å²) in [7, 11) is 0. The van der Waals surface area contributed by atoms with Gasteiger partial charge in [0.15, 0.2) is 0 Å². The summed E-state index contributed by atoms with van der Waals surface area (Å²) in [6.07, 6.45) is 6.99. The average Bonchev–Trinajstić information content (AvgIpc) is 2.89. The van der Waals surface area contributed by atoms with Crippen LogP contribution in [0.1, 0.15) is 35.8 Å². The maximum Gasteiger partial charge on any atom is 0.120 e. The third kappa shape index (κ3) is 2.24. The quantitative estimate of drug-likeness (QED) is 0.775. The molecule has 0 aliphatic heterocycles. The second-order valence-corrected chi connectivity index (χ2v) is 4.74. The van der Waals surface area contributed by atoms with Crippen molar-refractivity contribution in [3.8, 4) is 5.75 Å². The molecule has 1 aliphatic carbocycles. The standard InChI is InChI=1S/C14H17N3O/c18-11-5-4-10-2-1-3-13(12(10)8-11)17-9-14-15-6-7-16-14/h4-8,13,17-18H,1-3,9H2,(H,15,16). The minimum absolute atomic E-state index is 0.311. The topological polar surface area (TPSA) is 60.9 Å². The summed E-state index contributed by atoms with van der Waals surface area (Å²) < 4.78 is 0. The highest BCUT2D eigenvalue weighted by molar-refractivity contribution is 5.38. The fourth-order valence-electron chi connectivity index (χ4n) is 2.61. The Labute approximate surface area is 106 Å². The van der Waals surface area contributed by atoms with Gasteiger partial charge >= 0.3 is 0 Å². The fraction of sp³-hybridized carbons (Fsp3) is 0.357. The molecule has 1 unspecified atom stereocenters. The summed E-state index contributed by atoms with van der Waals surface area (Å²) in [4.78, 5) is 7.30. The number of hydrogen-bond acceptors (Lipinski definition) is 3. The van der Waals surface area contributed by atoms with E-state index in [1.807, 2.05) is 18.3 Å². The number of imidazole rings is 1. The van der Waals surface area contributed by atoms with Gasteiger partial charge in [0.2, 0.25) is 0 Å². The molecule has 0 radical (unpaired) electrons. The highest BCUT2D eigenvalue weighted by Crippen LogP contribution is 2.32. The van der Waals surface area contributed by atoms with Crippen LogP contribution in [0.4, 0.5) is 0 Å². The predicted molar refractivity (Wildman–Crippen MR) is 69.2 cm³/mol. The van der Waals surface area contributed by atoms with Crippen LogP contribution in [-0.2, 0) is 13.0 Å². The number of H-pyrrole nitrogens is 1. The molecule has 1 aliphatic rings. The largest absolute Gasteiger partial charge is 0.508 e. The van der Waals surface area contributed by atoms with Crippen LogP contribution in [0, 0.1) is 0 Å². The smallest absolute Gasteiger partial charge is 0.120 e. The molecule has 0 saturated heterocycles. The Bertz CT molecular complexity index is 522. The number of phenols is 1. The maximum absolute atomic E-state index is 9.61. The van der Waals surface area contributed by atoms with Crippen molar-refractivity contribution >= 4 is 0 Å². The number of hydrogen-bond donors (Lipinski definition) is 3. The number of aromatic hydroxyl groups is 1. The minimum Gasteiger partial charge on any atom is -0.508 e. The first-order valence-corrected chi connectivity index (χ1v) is 6.36. The number of aromatic amines is 1. The van der Waals surface area contributed by atoms with Gasteiger partial charge in [-0.1, -0.05) is 6.07 Å². The molecule has 1 aromatic carbocycles. The van der Waals surface area contributed by atoms with Crippen LogP contribution < -0.4 is 5.32 Å². The van der Waals surface area contributed by atoms with Gasteiger partial charge in [0, 0.05) is 18.4 Å². The summed E-state index contributed by atoms with van der Waals surface area (Å²) in [5.41, 5.74) is 2.57. The number of aromatic nitrogens is 2. The molecule has 3 rings (SSSR count). The van der Waals surface area contributed by atoms with E-state index in [2.05, 4.69) is 15.3 Å². The van der Waals surface area contributed by atoms with E-state index in [0.717, 1.165) is 25.2 Å². The Kier molecular flexibility index (Phi) is 3.02. The lowest BCUT2D eigenvalue weighted by atomic mass is 9.87.